The molecule has 118 valence electrons. The summed E-state index contributed by atoms with van der Waals surface area (Å²) in [4.78, 5) is 1.22. The monoisotopic (exact) mass is 311 g/mol. The molecule has 4 nitrogen and oxygen atoms in total. The van der Waals surface area contributed by atoms with Crippen LogP contribution in [0.3, 0.4) is 0 Å². The second-order valence-electron chi connectivity index (χ2n) is 5.30. The molecule has 1 N–H and O–H groups in total. The molecule has 1 aromatic carbocycles. The molecule has 0 saturated carbocycles. The maximum atomic E-state index is 5.59. The molecule has 1 aromatic rings. The maximum Gasteiger partial charge on any atom is 0.161 e. The first-order chi connectivity index (χ1) is 10.2. The Morgan fingerprint density at radius 1 is 1.29 bits per heavy atom. The fourth-order valence-corrected chi connectivity index (χ4v) is 3.29. The lowest BCUT2D eigenvalue weighted by atomic mass is 10.0. The highest BCUT2D eigenvalue weighted by atomic mass is 32.2. The second kappa shape index (κ2) is 7.92. The van der Waals surface area contributed by atoms with Gasteiger partial charge in [0.1, 0.15) is 0 Å². The number of thioether (sulfide) groups is 1. The van der Waals surface area contributed by atoms with Crippen LogP contribution in [0.2, 0.25) is 0 Å². The van der Waals surface area contributed by atoms with Crippen molar-refractivity contribution in [3.63, 3.8) is 0 Å². The molecule has 1 heterocycles. The molecule has 0 aliphatic carbocycles. The van der Waals surface area contributed by atoms with Gasteiger partial charge in [0.2, 0.25) is 0 Å². The molecular formula is C16H25NO3S. The van der Waals surface area contributed by atoms with E-state index < -0.39 is 0 Å². The van der Waals surface area contributed by atoms with Gasteiger partial charge in [-0.05, 0) is 43.7 Å². The summed E-state index contributed by atoms with van der Waals surface area (Å²) in [6.45, 7) is 3.83. The van der Waals surface area contributed by atoms with E-state index in [1.807, 2.05) is 6.07 Å². The lowest BCUT2D eigenvalue weighted by molar-refractivity contribution is 0.0130. The van der Waals surface area contributed by atoms with Crippen LogP contribution in [0.25, 0.3) is 0 Å². The Hall–Kier alpha value is -0.910. The van der Waals surface area contributed by atoms with E-state index in [1.165, 1.54) is 10.5 Å². The van der Waals surface area contributed by atoms with Gasteiger partial charge in [-0.1, -0.05) is 0 Å². The molecule has 1 aliphatic heterocycles. The Labute approximate surface area is 131 Å². The molecule has 1 saturated heterocycles. The highest BCUT2D eigenvalue weighted by Crippen LogP contribution is 2.34. The molecule has 0 aromatic heterocycles. The predicted molar refractivity (Wildman–Crippen MR) is 86.6 cm³/mol. The van der Waals surface area contributed by atoms with Crippen LogP contribution < -0.4 is 14.8 Å². The van der Waals surface area contributed by atoms with Crippen molar-refractivity contribution in [2.75, 3.05) is 27.1 Å². The lowest BCUT2D eigenvalue weighted by Crippen LogP contribution is -2.37. The van der Waals surface area contributed by atoms with Gasteiger partial charge in [-0.2, -0.15) is 0 Å². The van der Waals surface area contributed by atoms with Crippen LogP contribution >= 0.6 is 11.8 Å². The topological polar surface area (TPSA) is 39.7 Å². The molecule has 0 bridgehead atoms. The van der Waals surface area contributed by atoms with E-state index in [2.05, 4.69) is 24.6 Å². The van der Waals surface area contributed by atoms with Crippen molar-refractivity contribution in [2.45, 2.75) is 43.4 Å². The highest BCUT2D eigenvalue weighted by Gasteiger charge is 2.19. The van der Waals surface area contributed by atoms with Crippen LogP contribution in [0.4, 0.5) is 0 Å². The van der Waals surface area contributed by atoms with Gasteiger partial charge in [-0.15, -0.1) is 11.8 Å². The van der Waals surface area contributed by atoms with E-state index in [9.17, 15) is 0 Å². The minimum absolute atomic E-state index is 0.349. The summed E-state index contributed by atoms with van der Waals surface area (Å²) in [5.74, 6) is 1.57. The van der Waals surface area contributed by atoms with Crippen molar-refractivity contribution in [1.29, 1.82) is 0 Å². The molecular weight excluding hydrogens is 286 g/mol. The molecule has 0 amide bonds. The van der Waals surface area contributed by atoms with E-state index in [4.69, 9.17) is 14.2 Å². The summed E-state index contributed by atoms with van der Waals surface area (Å²) < 4.78 is 16.4. The normalized spacial score (nSPS) is 22.1. The molecule has 0 radical (unpaired) electrons. The van der Waals surface area contributed by atoms with E-state index in [0.717, 1.165) is 37.5 Å². The summed E-state index contributed by atoms with van der Waals surface area (Å²) >= 11 is 1.73. The third-order valence-corrected chi connectivity index (χ3v) is 4.67. The quantitative estimate of drug-likeness (QED) is 0.818. The van der Waals surface area contributed by atoms with E-state index in [0.29, 0.717) is 12.1 Å². The average Bonchev–Trinajstić information content (AvgIpc) is 2.52. The first kappa shape index (κ1) is 16.5. The van der Waals surface area contributed by atoms with Gasteiger partial charge in [-0.3, -0.25) is 0 Å². The smallest absolute Gasteiger partial charge is 0.161 e. The number of ether oxygens (including phenoxy) is 3. The number of hydrogen-bond acceptors (Lipinski definition) is 5. The molecule has 0 spiro atoms. The number of methoxy groups -OCH3 is 2. The molecule has 1 fully saturated rings. The van der Waals surface area contributed by atoms with Gasteiger partial charge in [0, 0.05) is 24.1 Å². The SMILES string of the molecule is COc1cc(CNC2CCOC(C)C2)c(SC)cc1OC. The van der Waals surface area contributed by atoms with Gasteiger partial charge >= 0.3 is 0 Å². The van der Waals surface area contributed by atoms with Gasteiger partial charge in [0.15, 0.2) is 11.5 Å². The Bertz CT molecular complexity index is 467. The maximum absolute atomic E-state index is 5.59. The first-order valence-corrected chi connectivity index (χ1v) is 8.54. The minimum atomic E-state index is 0.349. The molecule has 21 heavy (non-hydrogen) atoms. The van der Waals surface area contributed by atoms with Crippen LogP contribution in [0.5, 0.6) is 11.5 Å². The highest BCUT2D eigenvalue weighted by molar-refractivity contribution is 7.98. The van der Waals surface area contributed by atoms with Crippen molar-refractivity contribution in [3.05, 3.63) is 17.7 Å². The van der Waals surface area contributed by atoms with E-state index >= 15 is 0 Å². The standard InChI is InChI=1S/C16H25NO3S/c1-11-7-13(5-6-20-11)17-10-12-8-14(18-2)15(19-3)9-16(12)21-4/h8-9,11,13,17H,5-7,10H2,1-4H3. The van der Waals surface area contributed by atoms with Crippen molar-refractivity contribution in [3.8, 4) is 11.5 Å². The molecule has 5 heteroatoms. The summed E-state index contributed by atoms with van der Waals surface area (Å²) in [7, 11) is 3.34. The van der Waals surface area contributed by atoms with Crippen LogP contribution in [0, 0.1) is 0 Å². The summed E-state index contributed by atoms with van der Waals surface area (Å²) in [5, 5.41) is 3.64. The summed E-state index contributed by atoms with van der Waals surface area (Å²) in [6, 6.07) is 4.64. The number of hydrogen-bond donors (Lipinski definition) is 1. The molecule has 2 unspecified atom stereocenters. The summed E-state index contributed by atoms with van der Waals surface area (Å²) in [5.41, 5.74) is 1.25. The van der Waals surface area contributed by atoms with Crippen LogP contribution in [-0.4, -0.2) is 39.2 Å². The third-order valence-electron chi connectivity index (χ3n) is 3.85. The second-order valence-corrected chi connectivity index (χ2v) is 6.15. The number of benzene rings is 1. The Balaban J connectivity index is 2.07. The largest absolute Gasteiger partial charge is 0.493 e. The predicted octanol–water partition coefficient (Wildman–Crippen LogP) is 3.08. The van der Waals surface area contributed by atoms with Crippen molar-refractivity contribution >= 4 is 11.8 Å². The van der Waals surface area contributed by atoms with Crippen molar-refractivity contribution < 1.29 is 14.2 Å². The van der Waals surface area contributed by atoms with Crippen LogP contribution in [-0.2, 0) is 11.3 Å². The third kappa shape index (κ3) is 4.28. The molecule has 1 aliphatic rings. The zero-order chi connectivity index (χ0) is 15.2. The fourth-order valence-electron chi connectivity index (χ4n) is 2.67. The van der Waals surface area contributed by atoms with Crippen molar-refractivity contribution in [2.24, 2.45) is 0 Å². The first-order valence-electron chi connectivity index (χ1n) is 7.31. The lowest BCUT2D eigenvalue weighted by Gasteiger charge is -2.28. The molecule has 2 rings (SSSR count). The Morgan fingerprint density at radius 2 is 2.00 bits per heavy atom. The fraction of sp³-hybridized carbons (Fsp3) is 0.625. The number of rotatable bonds is 6. The van der Waals surface area contributed by atoms with Crippen LogP contribution in [0.15, 0.2) is 17.0 Å². The zero-order valence-electron chi connectivity index (χ0n) is 13.3. The van der Waals surface area contributed by atoms with Crippen molar-refractivity contribution in [1.82, 2.24) is 5.32 Å². The van der Waals surface area contributed by atoms with Crippen LogP contribution in [0.1, 0.15) is 25.3 Å². The molecule has 2 atom stereocenters. The van der Waals surface area contributed by atoms with Gasteiger partial charge in [0.05, 0.1) is 20.3 Å². The Morgan fingerprint density at radius 3 is 2.62 bits per heavy atom. The number of nitrogens with one attached hydrogen (secondary N) is 1. The van der Waals surface area contributed by atoms with E-state index in [-0.39, 0.29) is 0 Å². The van der Waals surface area contributed by atoms with Gasteiger partial charge < -0.3 is 19.5 Å². The summed E-state index contributed by atoms with van der Waals surface area (Å²) in [6.07, 6.45) is 4.58. The Kier molecular flexibility index (Phi) is 6.21. The zero-order valence-corrected chi connectivity index (χ0v) is 14.1. The minimum Gasteiger partial charge on any atom is -0.493 e. The van der Waals surface area contributed by atoms with Gasteiger partial charge in [-0.25, -0.2) is 0 Å². The average molecular weight is 311 g/mol. The van der Waals surface area contributed by atoms with E-state index in [1.54, 1.807) is 26.0 Å². The van der Waals surface area contributed by atoms with Gasteiger partial charge in [0.25, 0.3) is 0 Å².